The highest BCUT2D eigenvalue weighted by atomic mass is 35.5. The Morgan fingerprint density at radius 1 is 1.43 bits per heavy atom. The lowest BCUT2D eigenvalue weighted by Gasteiger charge is -1.94. The summed E-state index contributed by atoms with van der Waals surface area (Å²) in [6, 6.07) is 0. The van der Waals surface area contributed by atoms with E-state index in [-0.39, 0.29) is 12.4 Å². The van der Waals surface area contributed by atoms with E-state index in [1.807, 2.05) is 13.8 Å². The van der Waals surface area contributed by atoms with Crippen molar-refractivity contribution >= 4 is 12.4 Å². The van der Waals surface area contributed by atoms with E-state index in [2.05, 4.69) is 5.48 Å². The van der Waals surface area contributed by atoms with E-state index in [0.29, 0.717) is 0 Å². The van der Waals surface area contributed by atoms with Crippen LogP contribution < -0.4 is 5.48 Å². The van der Waals surface area contributed by atoms with Crippen LogP contribution in [0.3, 0.4) is 0 Å². The normalized spacial score (nSPS) is 7.71. The van der Waals surface area contributed by atoms with Gasteiger partial charge in [0.05, 0.1) is 6.61 Å². The lowest BCUT2D eigenvalue weighted by molar-refractivity contribution is 0.0547. The molecule has 0 aliphatic carbocycles. The van der Waals surface area contributed by atoms with Gasteiger partial charge in [-0.15, -0.1) is 12.4 Å². The van der Waals surface area contributed by atoms with E-state index in [1.54, 1.807) is 0 Å². The summed E-state index contributed by atoms with van der Waals surface area (Å²) in [5.41, 5.74) is 2.70. The predicted molar refractivity (Wildman–Crippen MR) is 32.6 cm³/mol. The summed E-state index contributed by atoms with van der Waals surface area (Å²) >= 11 is 0. The average Bonchev–Trinajstić information content (AvgIpc) is 1.61. The molecule has 0 aliphatic rings. The molecule has 0 aromatic carbocycles. The third-order valence-corrected chi connectivity index (χ3v) is 0.391. The fraction of sp³-hybridized carbons (Fsp3) is 1.00. The molecule has 2 nitrogen and oxygen atoms in total. The standard InChI is InChI=1S/C4H11NO.ClH/c1-3-5-6-4-2;/h5H,3-4H2,1-2H3;1H. The van der Waals surface area contributed by atoms with Crippen molar-refractivity contribution in [2.75, 3.05) is 13.2 Å². The number of nitrogens with one attached hydrogen (secondary N) is 1. The van der Waals surface area contributed by atoms with Crippen molar-refractivity contribution in [3.63, 3.8) is 0 Å². The van der Waals surface area contributed by atoms with E-state index in [0.717, 1.165) is 13.2 Å². The zero-order valence-electron chi connectivity index (χ0n) is 4.73. The lowest BCUT2D eigenvalue weighted by Crippen LogP contribution is -2.12. The first kappa shape index (κ1) is 10.2. The van der Waals surface area contributed by atoms with E-state index in [4.69, 9.17) is 4.84 Å². The summed E-state index contributed by atoms with van der Waals surface area (Å²) in [5.74, 6) is 0. The topological polar surface area (TPSA) is 21.3 Å². The molecule has 0 unspecified atom stereocenters. The van der Waals surface area contributed by atoms with Gasteiger partial charge in [-0.05, 0) is 6.92 Å². The molecule has 0 saturated carbocycles. The maximum Gasteiger partial charge on any atom is 0.0653 e. The minimum atomic E-state index is 0. The first-order valence-corrected chi connectivity index (χ1v) is 2.26. The molecule has 0 spiro atoms. The highest BCUT2D eigenvalue weighted by molar-refractivity contribution is 5.85. The number of rotatable bonds is 3. The molecule has 0 bridgehead atoms. The highest BCUT2D eigenvalue weighted by Gasteiger charge is 1.69. The molecular weight excluding hydrogens is 114 g/mol. The van der Waals surface area contributed by atoms with Crippen LogP contribution in [0.15, 0.2) is 0 Å². The minimum absolute atomic E-state index is 0. The number of hydrogen-bond acceptors (Lipinski definition) is 2. The SMILES string of the molecule is CCNOCC.Cl. The largest absolute Gasteiger partial charge is 0.302 e. The van der Waals surface area contributed by atoms with Gasteiger partial charge in [-0.1, -0.05) is 6.92 Å². The maximum absolute atomic E-state index is 4.73. The predicted octanol–water partition coefficient (Wildman–Crippen LogP) is 0.969. The van der Waals surface area contributed by atoms with E-state index in [1.165, 1.54) is 0 Å². The molecule has 0 saturated heterocycles. The third kappa shape index (κ3) is 10.7. The summed E-state index contributed by atoms with van der Waals surface area (Å²) in [5, 5.41) is 0. The van der Waals surface area contributed by atoms with Crippen LogP contribution in [0.25, 0.3) is 0 Å². The van der Waals surface area contributed by atoms with Gasteiger partial charge in [0.2, 0.25) is 0 Å². The smallest absolute Gasteiger partial charge is 0.0653 e. The molecule has 0 heterocycles. The number of halogens is 1. The van der Waals surface area contributed by atoms with Gasteiger partial charge in [-0.3, -0.25) is 0 Å². The van der Waals surface area contributed by atoms with Crippen molar-refractivity contribution in [3.05, 3.63) is 0 Å². The maximum atomic E-state index is 4.73. The van der Waals surface area contributed by atoms with Gasteiger partial charge in [0.1, 0.15) is 0 Å². The van der Waals surface area contributed by atoms with Crippen LogP contribution in [0.1, 0.15) is 13.8 Å². The Hall–Kier alpha value is 0.210. The Kier molecular flexibility index (Phi) is 13.9. The van der Waals surface area contributed by atoms with Gasteiger partial charge in [0.25, 0.3) is 0 Å². The summed E-state index contributed by atoms with van der Waals surface area (Å²) in [4.78, 5) is 4.73. The van der Waals surface area contributed by atoms with Crippen LogP contribution in [0, 0.1) is 0 Å². The van der Waals surface area contributed by atoms with Crippen LogP contribution in [0.4, 0.5) is 0 Å². The van der Waals surface area contributed by atoms with Crippen LogP contribution in [0.2, 0.25) is 0 Å². The van der Waals surface area contributed by atoms with E-state index < -0.39 is 0 Å². The summed E-state index contributed by atoms with van der Waals surface area (Å²) in [6.45, 7) is 5.57. The van der Waals surface area contributed by atoms with Crippen molar-refractivity contribution in [3.8, 4) is 0 Å². The molecule has 3 heteroatoms. The Morgan fingerprint density at radius 3 is 2.14 bits per heavy atom. The van der Waals surface area contributed by atoms with Crippen molar-refractivity contribution in [1.29, 1.82) is 0 Å². The molecule has 0 aromatic heterocycles. The Bertz CT molecular complexity index is 23.7. The van der Waals surface area contributed by atoms with Crippen LogP contribution >= 0.6 is 12.4 Å². The van der Waals surface area contributed by atoms with Crippen molar-refractivity contribution in [2.24, 2.45) is 0 Å². The quantitative estimate of drug-likeness (QED) is 0.448. The van der Waals surface area contributed by atoms with Crippen LogP contribution in [0.5, 0.6) is 0 Å². The van der Waals surface area contributed by atoms with Gasteiger partial charge in [-0.2, -0.15) is 0 Å². The second-order valence-electron chi connectivity index (χ2n) is 0.931. The van der Waals surface area contributed by atoms with E-state index in [9.17, 15) is 0 Å². The van der Waals surface area contributed by atoms with Crippen LogP contribution in [-0.4, -0.2) is 13.2 Å². The Labute approximate surface area is 50.6 Å². The summed E-state index contributed by atoms with van der Waals surface area (Å²) < 4.78 is 0. The molecule has 0 radical (unpaired) electrons. The molecule has 0 aliphatic heterocycles. The zero-order chi connectivity index (χ0) is 4.83. The second kappa shape index (κ2) is 9.51. The lowest BCUT2D eigenvalue weighted by atomic mass is 10.8. The molecular formula is C4H12ClNO. The monoisotopic (exact) mass is 125 g/mol. The molecule has 46 valence electrons. The Morgan fingerprint density at radius 2 is 2.00 bits per heavy atom. The zero-order valence-corrected chi connectivity index (χ0v) is 5.55. The molecule has 7 heavy (non-hydrogen) atoms. The van der Waals surface area contributed by atoms with Gasteiger partial charge >= 0.3 is 0 Å². The van der Waals surface area contributed by atoms with Crippen molar-refractivity contribution < 1.29 is 4.84 Å². The van der Waals surface area contributed by atoms with Crippen molar-refractivity contribution in [1.82, 2.24) is 5.48 Å². The van der Waals surface area contributed by atoms with Gasteiger partial charge in [0.15, 0.2) is 0 Å². The minimum Gasteiger partial charge on any atom is -0.302 e. The number of hydroxylamine groups is 1. The molecule has 1 N–H and O–H groups in total. The van der Waals surface area contributed by atoms with Gasteiger partial charge in [-0.25, -0.2) is 5.48 Å². The average molecular weight is 126 g/mol. The first-order valence-electron chi connectivity index (χ1n) is 2.26. The van der Waals surface area contributed by atoms with Gasteiger partial charge < -0.3 is 4.84 Å². The molecule has 0 fully saturated rings. The van der Waals surface area contributed by atoms with Crippen LogP contribution in [-0.2, 0) is 4.84 Å². The molecule has 0 aromatic rings. The fourth-order valence-electron chi connectivity index (χ4n) is 0.204. The summed E-state index contributed by atoms with van der Waals surface area (Å²) in [7, 11) is 0. The first-order chi connectivity index (χ1) is 2.91. The van der Waals surface area contributed by atoms with Gasteiger partial charge in [0, 0.05) is 6.54 Å². The second-order valence-corrected chi connectivity index (χ2v) is 0.931. The number of hydrogen-bond donors (Lipinski definition) is 1. The van der Waals surface area contributed by atoms with Crippen molar-refractivity contribution in [2.45, 2.75) is 13.8 Å². The summed E-state index contributed by atoms with van der Waals surface area (Å²) in [6.07, 6.45) is 0. The molecule has 0 rings (SSSR count). The van der Waals surface area contributed by atoms with E-state index >= 15 is 0 Å². The fourth-order valence-corrected chi connectivity index (χ4v) is 0.204. The molecule has 0 atom stereocenters. The third-order valence-electron chi connectivity index (χ3n) is 0.391. The molecule has 0 amide bonds. The highest BCUT2D eigenvalue weighted by Crippen LogP contribution is 1.58. The Balaban J connectivity index is 0.